The lowest BCUT2D eigenvalue weighted by Gasteiger charge is -2.04. The number of nitrogens with zero attached hydrogens (tertiary/aromatic N) is 1. The standard InChI is InChI=1S/C18H16ClN3OS/c1-11-6-8-14(9-7-11)22-18-20-12(2)16(24-18)17(23)21-15-5-3-4-13(19)10-15/h3-10H,1-2H3,(H,20,22)(H,21,23). The Kier molecular flexibility index (Phi) is 4.83. The van der Waals surface area contributed by atoms with Gasteiger partial charge in [-0.3, -0.25) is 4.79 Å². The van der Waals surface area contributed by atoms with Crippen molar-refractivity contribution in [2.75, 3.05) is 10.6 Å². The van der Waals surface area contributed by atoms with E-state index in [0.717, 1.165) is 5.69 Å². The summed E-state index contributed by atoms with van der Waals surface area (Å²) in [5.41, 5.74) is 3.48. The first-order chi connectivity index (χ1) is 11.5. The van der Waals surface area contributed by atoms with Crippen LogP contribution in [0.1, 0.15) is 20.9 Å². The van der Waals surface area contributed by atoms with Crippen LogP contribution in [0.15, 0.2) is 48.5 Å². The molecule has 1 heterocycles. The van der Waals surface area contributed by atoms with E-state index in [-0.39, 0.29) is 5.91 Å². The zero-order valence-electron chi connectivity index (χ0n) is 13.3. The Bertz CT molecular complexity index is 874. The van der Waals surface area contributed by atoms with Gasteiger partial charge in [0.1, 0.15) is 4.88 Å². The SMILES string of the molecule is Cc1ccc(Nc2nc(C)c(C(=O)Nc3cccc(Cl)c3)s2)cc1. The zero-order chi connectivity index (χ0) is 17.1. The van der Waals surface area contributed by atoms with Crippen LogP contribution in [-0.2, 0) is 0 Å². The molecular formula is C18H16ClN3OS. The van der Waals surface area contributed by atoms with Gasteiger partial charge in [-0.1, -0.05) is 46.7 Å². The van der Waals surface area contributed by atoms with E-state index in [2.05, 4.69) is 15.6 Å². The predicted molar refractivity (Wildman–Crippen MR) is 101 cm³/mol. The quantitative estimate of drug-likeness (QED) is 0.656. The summed E-state index contributed by atoms with van der Waals surface area (Å²) in [6, 6.07) is 15.1. The summed E-state index contributed by atoms with van der Waals surface area (Å²) >= 11 is 7.26. The number of aryl methyl sites for hydroxylation is 2. The Labute approximate surface area is 149 Å². The largest absolute Gasteiger partial charge is 0.332 e. The van der Waals surface area contributed by atoms with Crippen molar-refractivity contribution in [3.63, 3.8) is 0 Å². The highest BCUT2D eigenvalue weighted by Gasteiger charge is 2.15. The van der Waals surface area contributed by atoms with E-state index in [1.807, 2.05) is 38.1 Å². The van der Waals surface area contributed by atoms with Crippen molar-refractivity contribution in [3.05, 3.63) is 69.7 Å². The minimum absolute atomic E-state index is 0.191. The van der Waals surface area contributed by atoms with Crippen molar-refractivity contribution in [3.8, 4) is 0 Å². The first-order valence-corrected chi connectivity index (χ1v) is 8.59. The maximum Gasteiger partial charge on any atom is 0.267 e. The normalized spacial score (nSPS) is 10.5. The van der Waals surface area contributed by atoms with E-state index in [4.69, 9.17) is 11.6 Å². The minimum Gasteiger partial charge on any atom is -0.332 e. The second-order valence-electron chi connectivity index (χ2n) is 5.39. The summed E-state index contributed by atoms with van der Waals surface area (Å²) in [6.45, 7) is 3.86. The van der Waals surface area contributed by atoms with Crippen LogP contribution in [0.5, 0.6) is 0 Å². The van der Waals surface area contributed by atoms with Crippen molar-refractivity contribution in [1.82, 2.24) is 4.98 Å². The molecule has 0 radical (unpaired) electrons. The molecule has 4 nitrogen and oxygen atoms in total. The molecule has 0 aliphatic heterocycles. The van der Waals surface area contributed by atoms with Crippen LogP contribution in [0, 0.1) is 13.8 Å². The van der Waals surface area contributed by atoms with Crippen LogP contribution in [0.25, 0.3) is 0 Å². The lowest BCUT2D eigenvalue weighted by Crippen LogP contribution is -2.11. The first kappa shape index (κ1) is 16.5. The number of benzene rings is 2. The molecule has 1 amide bonds. The number of hydrogen-bond donors (Lipinski definition) is 2. The molecule has 2 aromatic carbocycles. The number of amides is 1. The molecular weight excluding hydrogens is 342 g/mol. The maximum atomic E-state index is 12.4. The van der Waals surface area contributed by atoms with Crippen molar-refractivity contribution >= 4 is 45.4 Å². The molecule has 0 saturated carbocycles. The number of anilines is 3. The number of rotatable bonds is 4. The number of carbonyl (C=O) groups excluding carboxylic acids is 1. The Morgan fingerprint density at radius 1 is 1.08 bits per heavy atom. The molecule has 24 heavy (non-hydrogen) atoms. The number of hydrogen-bond acceptors (Lipinski definition) is 4. The molecule has 1 aromatic heterocycles. The molecule has 0 bridgehead atoms. The number of halogens is 1. The second kappa shape index (κ2) is 7.03. The number of nitrogens with one attached hydrogen (secondary N) is 2. The Balaban J connectivity index is 1.75. The van der Waals surface area contributed by atoms with Crippen LogP contribution >= 0.6 is 22.9 Å². The van der Waals surface area contributed by atoms with Gasteiger partial charge in [0.25, 0.3) is 5.91 Å². The van der Waals surface area contributed by atoms with E-state index in [1.165, 1.54) is 16.9 Å². The molecule has 0 atom stereocenters. The fourth-order valence-corrected chi connectivity index (χ4v) is 3.25. The van der Waals surface area contributed by atoms with E-state index in [0.29, 0.717) is 26.4 Å². The molecule has 3 rings (SSSR count). The van der Waals surface area contributed by atoms with Gasteiger partial charge in [-0.25, -0.2) is 4.98 Å². The molecule has 0 saturated heterocycles. The molecule has 2 N–H and O–H groups in total. The third kappa shape index (κ3) is 3.93. The molecule has 122 valence electrons. The van der Waals surface area contributed by atoms with Gasteiger partial charge in [0.2, 0.25) is 0 Å². The molecule has 3 aromatic rings. The summed E-state index contributed by atoms with van der Waals surface area (Å²) < 4.78 is 0. The average molecular weight is 358 g/mol. The second-order valence-corrected chi connectivity index (χ2v) is 6.82. The molecule has 0 unspecified atom stereocenters. The predicted octanol–water partition coefficient (Wildman–Crippen LogP) is 5.41. The molecule has 0 fully saturated rings. The van der Waals surface area contributed by atoms with Gasteiger partial charge in [0.05, 0.1) is 5.69 Å². The number of carbonyl (C=O) groups is 1. The molecule has 0 spiro atoms. The van der Waals surface area contributed by atoms with Crippen molar-refractivity contribution in [2.45, 2.75) is 13.8 Å². The molecule has 6 heteroatoms. The first-order valence-electron chi connectivity index (χ1n) is 7.39. The van der Waals surface area contributed by atoms with E-state index >= 15 is 0 Å². The monoisotopic (exact) mass is 357 g/mol. The Morgan fingerprint density at radius 2 is 1.83 bits per heavy atom. The Morgan fingerprint density at radius 3 is 2.54 bits per heavy atom. The van der Waals surface area contributed by atoms with E-state index in [9.17, 15) is 4.79 Å². The summed E-state index contributed by atoms with van der Waals surface area (Å²) in [5.74, 6) is -0.191. The van der Waals surface area contributed by atoms with Crippen LogP contribution in [0.3, 0.4) is 0 Å². The highest BCUT2D eigenvalue weighted by molar-refractivity contribution is 7.17. The van der Waals surface area contributed by atoms with Gasteiger partial charge in [-0.2, -0.15) is 0 Å². The zero-order valence-corrected chi connectivity index (χ0v) is 14.8. The highest BCUT2D eigenvalue weighted by atomic mass is 35.5. The smallest absolute Gasteiger partial charge is 0.267 e. The van der Waals surface area contributed by atoms with Crippen molar-refractivity contribution in [1.29, 1.82) is 0 Å². The van der Waals surface area contributed by atoms with Gasteiger partial charge in [-0.05, 0) is 44.2 Å². The lowest BCUT2D eigenvalue weighted by atomic mass is 10.2. The van der Waals surface area contributed by atoms with E-state index < -0.39 is 0 Å². The van der Waals surface area contributed by atoms with Gasteiger partial charge in [0, 0.05) is 16.4 Å². The molecule has 0 aliphatic carbocycles. The van der Waals surface area contributed by atoms with Crippen molar-refractivity contribution in [2.24, 2.45) is 0 Å². The van der Waals surface area contributed by atoms with Gasteiger partial charge < -0.3 is 10.6 Å². The third-order valence-electron chi connectivity index (χ3n) is 3.39. The number of thiazole rings is 1. The topological polar surface area (TPSA) is 54.0 Å². The average Bonchev–Trinajstić information content (AvgIpc) is 2.90. The maximum absolute atomic E-state index is 12.4. The number of aromatic nitrogens is 1. The van der Waals surface area contributed by atoms with E-state index in [1.54, 1.807) is 24.3 Å². The Hall–Kier alpha value is -2.37. The summed E-state index contributed by atoms with van der Waals surface area (Å²) in [4.78, 5) is 17.4. The summed E-state index contributed by atoms with van der Waals surface area (Å²) in [6.07, 6.45) is 0. The fourth-order valence-electron chi connectivity index (χ4n) is 2.18. The lowest BCUT2D eigenvalue weighted by molar-refractivity contribution is 0.103. The van der Waals surface area contributed by atoms with Gasteiger partial charge in [0.15, 0.2) is 5.13 Å². The third-order valence-corrected chi connectivity index (χ3v) is 4.69. The summed E-state index contributed by atoms with van der Waals surface area (Å²) in [5, 5.41) is 7.34. The minimum atomic E-state index is -0.191. The van der Waals surface area contributed by atoms with Crippen LogP contribution < -0.4 is 10.6 Å². The fraction of sp³-hybridized carbons (Fsp3) is 0.111. The van der Waals surface area contributed by atoms with Crippen LogP contribution in [0.4, 0.5) is 16.5 Å². The van der Waals surface area contributed by atoms with Crippen LogP contribution in [-0.4, -0.2) is 10.9 Å². The van der Waals surface area contributed by atoms with Gasteiger partial charge in [-0.15, -0.1) is 0 Å². The molecule has 0 aliphatic rings. The highest BCUT2D eigenvalue weighted by Crippen LogP contribution is 2.27. The van der Waals surface area contributed by atoms with Crippen LogP contribution in [0.2, 0.25) is 5.02 Å². The summed E-state index contributed by atoms with van der Waals surface area (Å²) in [7, 11) is 0. The van der Waals surface area contributed by atoms with Crippen molar-refractivity contribution < 1.29 is 4.79 Å². The van der Waals surface area contributed by atoms with Gasteiger partial charge >= 0.3 is 0 Å².